The molecule has 0 saturated carbocycles. The van der Waals surface area contributed by atoms with Gasteiger partial charge in [-0.15, -0.1) is 0 Å². The van der Waals surface area contributed by atoms with E-state index >= 15 is 0 Å². The van der Waals surface area contributed by atoms with Gasteiger partial charge in [0.05, 0.1) is 0 Å². The van der Waals surface area contributed by atoms with Crippen LogP contribution in [0.5, 0.6) is 0 Å². The van der Waals surface area contributed by atoms with E-state index in [0.717, 1.165) is 16.8 Å². The van der Waals surface area contributed by atoms with Crippen molar-refractivity contribution in [1.29, 1.82) is 0 Å². The smallest absolute Gasteiger partial charge is 0.253 e. The summed E-state index contributed by atoms with van der Waals surface area (Å²) in [5.41, 5.74) is 2.45. The Morgan fingerprint density at radius 2 is 2.28 bits per heavy atom. The fourth-order valence-corrected chi connectivity index (χ4v) is 1.36. The summed E-state index contributed by atoms with van der Waals surface area (Å²) in [5, 5.41) is 11.4. The van der Waals surface area contributed by atoms with Crippen molar-refractivity contribution < 1.29 is 14.6 Å². The van der Waals surface area contributed by atoms with E-state index < -0.39 is 6.10 Å². The molecular weight excluding hydrogens is 230 g/mol. The van der Waals surface area contributed by atoms with Gasteiger partial charge in [-0.05, 0) is 37.6 Å². The third-order valence-corrected chi connectivity index (χ3v) is 2.52. The second-order valence-corrected chi connectivity index (χ2v) is 3.86. The van der Waals surface area contributed by atoms with Crippen LogP contribution >= 0.6 is 0 Å². The fourth-order valence-electron chi connectivity index (χ4n) is 1.36. The van der Waals surface area contributed by atoms with Crippen molar-refractivity contribution in [3.8, 4) is 11.8 Å². The number of rotatable bonds is 3. The van der Waals surface area contributed by atoms with E-state index in [1.807, 2.05) is 13.0 Å². The van der Waals surface area contributed by atoms with E-state index in [0.29, 0.717) is 0 Å². The lowest BCUT2D eigenvalue weighted by Crippen LogP contribution is -2.26. The Bertz CT molecular complexity index is 486. The zero-order chi connectivity index (χ0) is 13.5. The lowest BCUT2D eigenvalue weighted by molar-refractivity contribution is -0.124. The lowest BCUT2D eigenvalue weighted by atomic mass is 10.1. The molecule has 4 nitrogen and oxygen atoms in total. The Hall–Kier alpha value is -1.83. The fraction of sp³-hybridized carbons (Fsp3) is 0.357. The SMILES string of the molecule is COC(C)C(=O)Nc1ccc(C#CCO)cc1C. The third-order valence-electron chi connectivity index (χ3n) is 2.52. The molecule has 0 aliphatic rings. The Morgan fingerprint density at radius 3 is 2.83 bits per heavy atom. The highest BCUT2D eigenvalue weighted by Gasteiger charge is 2.12. The molecule has 0 heterocycles. The van der Waals surface area contributed by atoms with E-state index in [2.05, 4.69) is 17.2 Å². The highest BCUT2D eigenvalue weighted by Crippen LogP contribution is 2.16. The number of carbonyl (C=O) groups is 1. The maximum atomic E-state index is 11.7. The summed E-state index contributed by atoms with van der Waals surface area (Å²) in [6, 6.07) is 5.44. The quantitative estimate of drug-likeness (QED) is 0.792. The number of ether oxygens (including phenoxy) is 1. The molecule has 0 saturated heterocycles. The first-order valence-electron chi connectivity index (χ1n) is 5.62. The summed E-state index contributed by atoms with van der Waals surface area (Å²) >= 11 is 0. The maximum absolute atomic E-state index is 11.7. The topological polar surface area (TPSA) is 58.6 Å². The van der Waals surface area contributed by atoms with Crippen LogP contribution in [0.1, 0.15) is 18.1 Å². The number of aliphatic hydroxyl groups is 1. The molecule has 1 atom stereocenters. The summed E-state index contributed by atoms with van der Waals surface area (Å²) in [4.78, 5) is 11.7. The average molecular weight is 247 g/mol. The minimum Gasteiger partial charge on any atom is -0.384 e. The number of benzene rings is 1. The molecule has 0 radical (unpaired) electrons. The molecule has 1 aromatic carbocycles. The lowest BCUT2D eigenvalue weighted by Gasteiger charge is -2.12. The largest absolute Gasteiger partial charge is 0.384 e. The predicted octanol–water partition coefficient (Wildman–Crippen LogP) is 1.31. The second-order valence-electron chi connectivity index (χ2n) is 3.86. The highest BCUT2D eigenvalue weighted by molar-refractivity contribution is 5.94. The zero-order valence-electron chi connectivity index (χ0n) is 10.8. The van der Waals surface area contributed by atoms with E-state index in [9.17, 15) is 4.79 Å². The van der Waals surface area contributed by atoms with Crippen molar-refractivity contribution in [3.05, 3.63) is 29.3 Å². The van der Waals surface area contributed by atoms with Gasteiger partial charge in [0.2, 0.25) is 0 Å². The molecule has 0 aromatic heterocycles. The summed E-state index contributed by atoms with van der Waals surface area (Å²) in [6.07, 6.45) is -0.488. The molecule has 1 rings (SSSR count). The van der Waals surface area contributed by atoms with Crippen LogP contribution in [-0.2, 0) is 9.53 Å². The summed E-state index contributed by atoms with van der Waals surface area (Å²) in [7, 11) is 1.49. The number of carbonyl (C=O) groups excluding carboxylic acids is 1. The first-order valence-corrected chi connectivity index (χ1v) is 5.62. The predicted molar refractivity (Wildman–Crippen MR) is 70.2 cm³/mol. The van der Waals surface area contributed by atoms with Gasteiger partial charge in [-0.25, -0.2) is 0 Å². The molecule has 2 N–H and O–H groups in total. The van der Waals surface area contributed by atoms with Crippen molar-refractivity contribution >= 4 is 11.6 Å². The molecule has 96 valence electrons. The molecule has 18 heavy (non-hydrogen) atoms. The Kier molecular flexibility index (Phi) is 5.37. The monoisotopic (exact) mass is 247 g/mol. The number of aliphatic hydroxyl groups excluding tert-OH is 1. The minimum atomic E-state index is -0.488. The van der Waals surface area contributed by atoms with Crippen LogP contribution in [0.25, 0.3) is 0 Å². The van der Waals surface area contributed by atoms with Gasteiger partial charge in [0.25, 0.3) is 5.91 Å². The molecule has 0 fully saturated rings. The van der Waals surface area contributed by atoms with Gasteiger partial charge in [-0.1, -0.05) is 11.8 Å². The average Bonchev–Trinajstić information content (AvgIpc) is 2.38. The van der Waals surface area contributed by atoms with Crippen LogP contribution in [0.15, 0.2) is 18.2 Å². The molecule has 0 aliphatic heterocycles. The molecule has 4 heteroatoms. The van der Waals surface area contributed by atoms with Crippen LogP contribution in [-0.4, -0.2) is 30.8 Å². The molecule has 0 bridgehead atoms. The summed E-state index contributed by atoms with van der Waals surface area (Å²) in [6.45, 7) is 3.41. The minimum absolute atomic E-state index is 0.164. The number of nitrogens with one attached hydrogen (secondary N) is 1. The van der Waals surface area contributed by atoms with Crippen molar-refractivity contribution in [2.75, 3.05) is 19.0 Å². The number of amides is 1. The molecule has 1 unspecified atom stereocenters. The van der Waals surface area contributed by atoms with Gasteiger partial charge in [0.1, 0.15) is 12.7 Å². The van der Waals surface area contributed by atoms with Crippen LogP contribution in [0.3, 0.4) is 0 Å². The van der Waals surface area contributed by atoms with Crippen LogP contribution in [0.4, 0.5) is 5.69 Å². The van der Waals surface area contributed by atoms with Gasteiger partial charge >= 0.3 is 0 Å². The van der Waals surface area contributed by atoms with E-state index in [1.54, 1.807) is 19.1 Å². The maximum Gasteiger partial charge on any atom is 0.253 e. The van der Waals surface area contributed by atoms with Crippen molar-refractivity contribution in [2.24, 2.45) is 0 Å². The molecule has 0 spiro atoms. The standard InChI is InChI=1S/C14H17NO3/c1-10-9-12(5-4-8-16)6-7-13(10)15-14(17)11(2)18-3/h6-7,9,11,16H,8H2,1-3H3,(H,15,17). The summed E-state index contributed by atoms with van der Waals surface area (Å²) in [5.74, 6) is 5.20. The number of anilines is 1. The van der Waals surface area contributed by atoms with Crippen molar-refractivity contribution in [3.63, 3.8) is 0 Å². The Morgan fingerprint density at radius 1 is 1.56 bits per heavy atom. The van der Waals surface area contributed by atoms with Gasteiger partial charge in [0.15, 0.2) is 0 Å². The van der Waals surface area contributed by atoms with Crippen LogP contribution < -0.4 is 5.32 Å². The van der Waals surface area contributed by atoms with E-state index in [-0.39, 0.29) is 12.5 Å². The third kappa shape index (κ3) is 3.88. The Balaban J connectivity index is 2.83. The van der Waals surface area contributed by atoms with Crippen LogP contribution in [0, 0.1) is 18.8 Å². The number of hydrogen-bond acceptors (Lipinski definition) is 3. The first-order chi connectivity index (χ1) is 8.58. The molecule has 1 amide bonds. The van der Waals surface area contributed by atoms with Gasteiger partial charge in [-0.3, -0.25) is 4.79 Å². The van der Waals surface area contributed by atoms with Gasteiger partial charge in [0, 0.05) is 18.4 Å². The number of aryl methyl sites for hydroxylation is 1. The van der Waals surface area contributed by atoms with E-state index in [4.69, 9.17) is 9.84 Å². The van der Waals surface area contributed by atoms with Gasteiger partial charge < -0.3 is 15.2 Å². The normalized spacial score (nSPS) is 11.3. The highest BCUT2D eigenvalue weighted by atomic mass is 16.5. The van der Waals surface area contributed by atoms with Crippen LogP contribution in [0.2, 0.25) is 0 Å². The summed E-state index contributed by atoms with van der Waals surface area (Å²) < 4.78 is 4.94. The number of methoxy groups -OCH3 is 1. The van der Waals surface area contributed by atoms with E-state index in [1.165, 1.54) is 7.11 Å². The molecular formula is C14H17NO3. The molecule has 0 aliphatic carbocycles. The number of hydrogen-bond donors (Lipinski definition) is 2. The Labute approximate surface area is 107 Å². The van der Waals surface area contributed by atoms with Crippen molar-refractivity contribution in [1.82, 2.24) is 0 Å². The first kappa shape index (κ1) is 14.2. The second kappa shape index (κ2) is 6.80. The molecule has 1 aromatic rings. The zero-order valence-corrected chi connectivity index (χ0v) is 10.8. The van der Waals surface area contributed by atoms with Crippen molar-refractivity contribution in [2.45, 2.75) is 20.0 Å². The van der Waals surface area contributed by atoms with Gasteiger partial charge in [-0.2, -0.15) is 0 Å².